The van der Waals surface area contributed by atoms with Crippen molar-refractivity contribution in [3.05, 3.63) is 36.4 Å². The molecule has 0 amide bonds. The summed E-state index contributed by atoms with van der Waals surface area (Å²) in [6.07, 6.45) is 1.63. The molecule has 0 aliphatic heterocycles. The Balaban J connectivity index is 2.70. The fourth-order valence-electron chi connectivity index (χ4n) is 1.85. The van der Waals surface area contributed by atoms with Crippen LogP contribution in [-0.2, 0) is 20.8 Å². The Hall–Kier alpha value is -2.05. The van der Waals surface area contributed by atoms with Gasteiger partial charge in [0.05, 0.1) is 34.5 Å². The van der Waals surface area contributed by atoms with E-state index in [1.54, 1.807) is 26.4 Å². The summed E-state index contributed by atoms with van der Waals surface area (Å²) in [5, 5.41) is 3.10. The number of rotatable bonds is 10. The molecule has 1 aromatic carbocycles. The van der Waals surface area contributed by atoms with Gasteiger partial charge in [-0.1, -0.05) is 12.1 Å². The van der Waals surface area contributed by atoms with Gasteiger partial charge in [-0.25, -0.2) is 0 Å². The van der Waals surface area contributed by atoms with Gasteiger partial charge in [0, 0.05) is 18.2 Å². The first-order valence-corrected chi connectivity index (χ1v) is 6.87. The van der Waals surface area contributed by atoms with E-state index in [0.717, 1.165) is 5.56 Å². The van der Waals surface area contributed by atoms with Crippen LogP contribution in [0.2, 0.25) is 0 Å². The van der Waals surface area contributed by atoms with Gasteiger partial charge in [-0.2, -0.15) is 0 Å². The van der Waals surface area contributed by atoms with E-state index in [1.165, 1.54) is 7.11 Å². The maximum atomic E-state index is 11.7. The minimum atomic E-state index is -0.559. The molecular weight excluding hydrogens is 286 g/mol. The molecule has 0 radical (unpaired) electrons. The van der Waals surface area contributed by atoms with Crippen molar-refractivity contribution in [2.75, 3.05) is 34.5 Å². The van der Waals surface area contributed by atoms with Crippen LogP contribution in [0.4, 0.5) is 0 Å². The third-order valence-corrected chi connectivity index (χ3v) is 3.04. The number of hydrogen-bond donors (Lipinski definition) is 1. The molecule has 0 unspecified atom stereocenters. The van der Waals surface area contributed by atoms with E-state index in [0.29, 0.717) is 24.7 Å². The number of nitrogens with one attached hydrogen (secondary N) is 1. The van der Waals surface area contributed by atoms with Crippen LogP contribution in [-0.4, -0.2) is 46.6 Å². The first-order chi connectivity index (χ1) is 10.7. The van der Waals surface area contributed by atoms with E-state index in [-0.39, 0.29) is 12.6 Å². The molecule has 6 nitrogen and oxygen atoms in total. The highest BCUT2D eigenvalue weighted by Gasteiger charge is 2.19. The SMILES string of the molecule is C=CCOC[C@H](NCc1ccc(OC)cc1OC)C(=O)OC. The average Bonchev–Trinajstić information content (AvgIpc) is 2.57. The zero-order valence-electron chi connectivity index (χ0n) is 13.3. The normalized spacial score (nSPS) is 11.6. The number of esters is 1. The van der Waals surface area contributed by atoms with Crippen molar-refractivity contribution in [2.45, 2.75) is 12.6 Å². The van der Waals surface area contributed by atoms with Crippen molar-refractivity contribution in [2.24, 2.45) is 0 Å². The van der Waals surface area contributed by atoms with Gasteiger partial charge in [0.25, 0.3) is 0 Å². The Morgan fingerprint density at radius 3 is 2.68 bits per heavy atom. The van der Waals surface area contributed by atoms with E-state index in [2.05, 4.69) is 11.9 Å². The molecular formula is C16H23NO5. The second-order valence-corrected chi connectivity index (χ2v) is 4.46. The maximum Gasteiger partial charge on any atom is 0.325 e. The summed E-state index contributed by atoms with van der Waals surface area (Å²) < 4.78 is 20.6. The number of benzene rings is 1. The lowest BCUT2D eigenvalue weighted by Crippen LogP contribution is -2.41. The largest absolute Gasteiger partial charge is 0.497 e. The van der Waals surface area contributed by atoms with Crippen LogP contribution in [0.5, 0.6) is 11.5 Å². The summed E-state index contributed by atoms with van der Waals surface area (Å²) in [6, 6.07) is 4.94. The zero-order chi connectivity index (χ0) is 16.4. The van der Waals surface area contributed by atoms with Gasteiger partial charge in [0.2, 0.25) is 0 Å². The Morgan fingerprint density at radius 1 is 1.32 bits per heavy atom. The highest BCUT2D eigenvalue weighted by atomic mass is 16.5. The molecule has 0 bridgehead atoms. The molecule has 22 heavy (non-hydrogen) atoms. The molecule has 122 valence electrons. The second-order valence-electron chi connectivity index (χ2n) is 4.46. The van der Waals surface area contributed by atoms with E-state index < -0.39 is 6.04 Å². The van der Waals surface area contributed by atoms with Gasteiger partial charge in [-0.3, -0.25) is 10.1 Å². The second kappa shape index (κ2) is 9.81. The molecule has 0 fully saturated rings. The Morgan fingerprint density at radius 2 is 2.09 bits per heavy atom. The molecule has 0 spiro atoms. The summed E-state index contributed by atoms with van der Waals surface area (Å²) in [6.45, 7) is 4.58. The third kappa shape index (κ3) is 5.38. The lowest BCUT2D eigenvalue weighted by Gasteiger charge is -2.17. The van der Waals surface area contributed by atoms with Crippen LogP contribution < -0.4 is 14.8 Å². The van der Waals surface area contributed by atoms with Gasteiger partial charge >= 0.3 is 5.97 Å². The van der Waals surface area contributed by atoms with Crippen molar-refractivity contribution in [1.29, 1.82) is 0 Å². The molecule has 1 atom stereocenters. The fourth-order valence-corrected chi connectivity index (χ4v) is 1.85. The number of carbonyl (C=O) groups is 1. The lowest BCUT2D eigenvalue weighted by molar-refractivity contribution is -0.144. The number of carbonyl (C=O) groups excluding carboxylic acids is 1. The van der Waals surface area contributed by atoms with Crippen molar-refractivity contribution in [3.8, 4) is 11.5 Å². The van der Waals surface area contributed by atoms with Crippen LogP contribution in [0.3, 0.4) is 0 Å². The molecule has 6 heteroatoms. The van der Waals surface area contributed by atoms with Crippen molar-refractivity contribution in [3.63, 3.8) is 0 Å². The van der Waals surface area contributed by atoms with Crippen LogP contribution in [0.1, 0.15) is 5.56 Å². The molecule has 0 aromatic heterocycles. The van der Waals surface area contributed by atoms with Crippen molar-refractivity contribution < 1.29 is 23.7 Å². The van der Waals surface area contributed by atoms with Crippen molar-refractivity contribution >= 4 is 5.97 Å². The van der Waals surface area contributed by atoms with Gasteiger partial charge in [-0.15, -0.1) is 6.58 Å². The monoisotopic (exact) mass is 309 g/mol. The first-order valence-electron chi connectivity index (χ1n) is 6.87. The minimum absolute atomic E-state index is 0.206. The van der Waals surface area contributed by atoms with Gasteiger partial charge in [0.15, 0.2) is 0 Å². The van der Waals surface area contributed by atoms with Gasteiger partial charge in [0.1, 0.15) is 17.5 Å². The summed E-state index contributed by atoms with van der Waals surface area (Å²) in [7, 11) is 4.53. The van der Waals surface area contributed by atoms with Crippen LogP contribution in [0.25, 0.3) is 0 Å². The summed E-state index contributed by atoms with van der Waals surface area (Å²) in [4.78, 5) is 11.7. The van der Waals surface area contributed by atoms with Crippen LogP contribution in [0.15, 0.2) is 30.9 Å². The van der Waals surface area contributed by atoms with Crippen LogP contribution in [0, 0.1) is 0 Å². The van der Waals surface area contributed by atoms with E-state index in [9.17, 15) is 4.79 Å². The number of ether oxygens (including phenoxy) is 4. The molecule has 0 aliphatic rings. The predicted molar refractivity (Wildman–Crippen MR) is 83.2 cm³/mol. The molecule has 1 aromatic rings. The lowest BCUT2D eigenvalue weighted by atomic mass is 10.1. The Kier molecular flexibility index (Phi) is 8.03. The van der Waals surface area contributed by atoms with E-state index in [1.807, 2.05) is 12.1 Å². The predicted octanol–water partition coefficient (Wildman–Crippen LogP) is 1.54. The van der Waals surface area contributed by atoms with E-state index in [4.69, 9.17) is 18.9 Å². The highest BCUT2D eigenvalue weighted by Crippen LogP contribution is 2.24. The smallest absolute Gasteiger partial charge is 0.325 e. The topological polar surface area (TPSA) is 66.0 Å². The van der Waals surface area contributed by atoms with Gasteiger partial charge < -0.3 is 18.9 Å². The number of methoxy groups -OCH3 is 3. The Labute approximate surface area is 131 Å². The standard InChI is InChI=1S/C16H23NO5/c1-5-8-22-11-14(16(18)21-4)17-10-12-6-7-13(19-2)9-15(12)20-3/h5-7,9,14,17H,1,8,10-11H2,2-4H3/t14-/m0/s1. The third-order valence-electron chi connectivity index (χ3n) is 3.04. The summed E-state index contributed by atoms with van der Waals surface area (Å²) in [5.74, 6) is 1.01. The molecule has 1 rings (SSSR count). The quantitative estimate of drug-likeness (QED) is 0.402. The molecule has 0 heterocycles. The van der Waals surface area contributed by atoms with Crippen molar-refractivity contribution in [1.82, 2.24) is 5.32 Å². The highest BCUT2D eigenvalue weighted by molar-refractivity contribution is 5.75. The summed E-state index contributed by atoms with van der Waals surface area (Å²) >= 11 is 0. The molecule has 0 aliphatic carbocycles. The molecule has 0 saturated carbocycles. The molecule has 0 saturated heterocycles. The van der Waals surface area contributed by atoms with Gasteiger partial charge in [-0.05, 0) is 6.07 Å². The minimum Gasteiger partial charge on any atom is -0.497 e. The maximum absolute atomic E-state index is 11.7. The fraction of sp³-hybridized carbons (Fsp3) is 0.438. The molecule has 1 N–H and O–H groups in total. The zero-order valence-corrected chi connectivity index (χ0v) is 13.3. The van der Waals surface area contributed by atoms with Crippen LogP contribution >= 0.6 is 0 Å². The Bertz CT molecular complexity index is 489. The first kappa shape index (κ1) is 18.0. The van der Waals surface area contributed by atoms with E-state index >= 15 is 0 Å². The summed E-state index contributed by atoms with van der Waals surface area (Å²) in [5.41, 5.74) is 0.904. The number of hydrogen-bond acceptors (Lipinski definition) is 6. The average molecular weight is 309 g/mol.